The molecule has 45 heavy (non-hydrogen) atoms. The molecule has 8 nitrogen and oxygen atoms in total. The molecule has 0 aliphatic heterocycles. The average Bonchev–Trinajstić information content (AvgIpc) is 3.38. The number of halogens is 1. The van der Waals surface area contributed by atoms with Crippen molar-refractivity contribution in [1.29, 1.82) is 0 Å². The van der Waals surface area contributed by atoms with E-state index in [0.29, 0.717) is 16.7 Å². The Bertz CT molecular complexity index is 1670. The number of likely N-dealkylation sites (N-methyl/N-ethyl adjacent to an activating group) is 1. The summed E-state index contributed by atoms with van der Waals surface area (Å²) < 4.78 is 26.1. The zero-order chi connectivity index (χ0) is 32.6. The van der Waals surface area contributed by atoms with E-state index in [2.05, 4.69) is 29.3 Å². The molecule has 4 rings (SSSR count). The number of H-pyrrole nitrogens is 1. The second kappa shape index (κ2) is 14.7. The zero-order valence-electron chi connectivity index (χ0n) is 26.8. The lowest BCUT2D eigenvalue weighted by Gasteiger charge is -2.26. The highest BCUT2D eigenvalue weighted by Crippen LogP contribution is 2.36. The van der Waals surface area contributed by atoms with E-state index in [4.69, 9.17) is 9.47 Å². The van der Waals surface area contributed by atoms with Gasteiger partial charge in [0, 0.05) is 26.7 Å². The van der Waals surface area contributed by atoms with Gasteiger partial charge in [0.2, 0.25) is 11.9 Å². The molecular formula is C36H41FN4O4. The van der Waals surface area contributed by atoms with Crippen molar-refractivity contribution in [3.05, 3.63) is 108 Å². The molecule has 0 radical (unpaired) electrons. The van der Waals surface area contributed by atoms with Crippen molar-refractivity contribution >= 4 is 34.0 Å². The van der Waals surface area contributed by atoms with E-state index < -0.39 is 17.6 Å². The number of allylic oxidation sites excluding steroid dienone is 1. The Kier molecular flexibility index (Phi) is 10.8. The summed E-state index contributed by atoms with van der Waals surface area (Å²) in [5.41, 5.74) is 5.02. The maximum atomic E-state index is 14.5. The van der Waals surface area contributed by atoms with Gasteiger partial charge in [-0.05, 0) is 79.3 Å². The summed E-state index contributed by atoms with van der Waals surface area (Å²) in [5, 5.41) is 6.89. The number of amides is 2. The van der Waals surface area contributed by atoms with Crippen molar-refractivity contribution in [2.45, 2.75) is 39.7 Å². The first kappa shape index (κ1) is 33.0. The Labute approximate surface area is 264 Å². The smallest absolute Gasteiger partial charge is 0.410 e. The molecule has 0 saturated carbocycles. The lowest BCUT2D eigenvalue weighted by molar-refractivity contribution is -0.123. The highest BCUT2D eigenvalue weighted by molar-refractivity contribution is 6.00. The molecular weight excluding hydrogens is 571 g/mol. The van der Waals surface area contributed by atoms with Gasteiger partial charge in [-0.3, -0.25) is 9.89 Å². The summed E-state index contributed by atoms with van der Waals surface area (Å²) in [6.45, 7) is 8.21. The molecule has 9 heteroatoms. The Morgan fingerprint density at radius 1 is 0.956 bits per heavy atom. The van der Waals surface area contributed by atoms with Crippen LogP contribution < -0.4 is 4.74 Å². The lowest BCUT2D eigenvalue weighted by Crippen LogP contribution is -2.39. The first-order valence-corrected chi connectivity index (χ1v) is 15.0. The van der Waals surface area contributed by atoms with Crippen LogP contribution in [0.2, 0.25) is 0 Å². The summed E-state index contributed by atoms with van der Waals surface area (Å²) in [7, 11) is 3.33. The third kappa shape index (κ3) is 8.81. The van der Waals surface area contributed by atoms with Crippen LogP contribution in [0.25, 0.3) is 22.0 Å². The number of benzene rings is 3. The Morgan fingerprint density at radius 3 is 2.29 bits per heavy atom. The van der Waals surface area contributed by atoms with Crippen molar-refractivity contribution in [3.63, 3.8) is 0 Å². The summed E-state index contributed by atoms with van der Waals surface area (Å²) in [6.07, 6.45) is 3.34. The summed E-state index contributed by atoms with van der Waals surface area (Å²) >= 11 is 0. The highest BCUT2D eigenvalue weighted by Gasteiger charge is 2.22. The number of ether oxygens (including phenoxy) is 2. The highest BCUT2D eigenvalue weighted by atomic mass is 19.1. The fraction of sp³-hybridized carbons (Fsp3) is 0.306. The molecule has 0 fully saturated rings. The number of rotatable bonds is 11. The van der Waals surface area contributed by atoms with E-state index in [1.54, 1.807) is 40.9 Å². The average molecular weight is 613 g/mol. The van der Waals surface area contributed by atoms with Gasteiger partial charge >= 0.3 is 6.09 Å². The van der Waals surface area contributed by atoms with Crippen LogP contribution in [0.15, 0.2) is 84.9 Å². The van der Waals surface area contributed by atoms with Gasteiger partial charge in [-0.1, -0.05) is 61.5 Å². The number of aromatic nitrogens is 2. The van der Waals surface area contributed by atoms with Gasteiger partial charge in [-0.25, -0.2) is 4.79 Å². The number of fused-ring (bicyclic) bond motifs is 1. The van der Waals surface area contributed by atoms with Crippen LogP contribution >= 0.6 is 0 Å². The third-order valence-corrected chi connectivity index (χ3v) is 7.03. The van der Waals surface area contributed by atoms with E-state index in [1.165, 1.54) is 15.9 Å². The standard InChI is InChI=1S/C36H41FN4O4/c1-7-29(25-12-9-8-10-13-25)33(27-17-20-31-30(24-27)34(37)39-38-31)26-15-18-28(19-16-26)44-23-22-41(35(43)45-36(2,3)4)21-11-14-32(42)40(5)6/h8-20,24H,7,21-23H2,1-6H3,(H,38,39)/b14-11+,33-29+. The summed E-state index contributed by atoms with van der Waals surface area (Å²) in [6, 6.07) is 23.6. The molecule has 2 amide bonds. The first-order valence-electron chi connectivity index (χ1n) is 15.0. The number of aromatic amines is 1. The quantitative estimate of drug-likeness (QED) is 0.142. The Hall–Kier alpha value is -4.92. The Morgan fingerprint density at radius 2 is 1.64 bits per heavy atom. The minimum Gasteiger partial charge on any atom is -0.492 e. The van der Waals surface area contributed by atoms with Crippen LogP contribution in [0.4, 0.5) is 9.18 Å². The lowest BCUT2D eigenvalue weighted by atomic mass is 9.88. The molecule has 236 valence electrons. The number of carbonyl (C=O) groups excluding carboxylic acids is 2. The van der Waals surface area contributed by atoms with Crippen LogP contribution in [-0.4, -0.2) is 71.4 Å². The van der Waals surface area contributed by atoms with Gasteiger partial charge in [-0.15, -0.1) is 5.10 Å². The maximum absolute atomic E-state index is 14.5. The molecule has 0 atom stereocenters. The van der Waals surface area contributed by atoms with E-state index in [1.807, 2.05) is 60.7 Å². The molecule has 0 aliphatic carbocycles. The molecule has 1 aromatic heterocycles. The van der Waals surface area contributed by atoms with Crippen LogP contribution in [-0.2, 0) is 9.53 Å². The maximum Gasteiger partial charge on any atom is 0.410 e. The SMILES string of the molecule is CC/C(=C(/c1ccc(OCCN(C/C=C/C(=O)N(C)C)C(=O)OC(C)(C)C)cc1)c1ccc2[nH]nc(F)c2c1)c1ccccc1. The zero-order valence-corrected chi connectivity index (χ0v) is 26.8. The van der Waals surface area contributed by atoms with Crippen LogP contribution in [0, 0.1) is 5.95 Å². The first-order chi connectivity index (χ1) is 21.5. The predicted octanol–water partition coefficient (Wildman–Crippen LogP) is 7.33. The predicted molar refractivity (Wildman–Crippen MR) is 176 cm³/mol. The third-order valence-electron chi connectivity index (χ3n) is 7.03. The number of nitrogens with one attached hydrogen (secondary N) is 1. The van der Waals surface area contributed by atoms with Gasteiger partial charge < -0.3 is 19.3 Å². The van der Waals surface area contributed by atoms with E-state index in [9.17, 15) is 14.0 Å². The van der Waals surface area contributed by atoms with Crippen molar-refractivity contribution in [2.24, 2.45) is 0 Å². The molecule has 0 aliphatic rings. The van der Waals surface area contributed by atoms with Crippen LogP contribution in [0.3, 0.4) is 0 Å². The molecule has 4 aromatic rings. The largest absolute Gasteiger partial charge is 0.492 e. The van der Waals surface area contributed by atoms with Gasteiger partial charge in [0.05, 0.1) is 17.4 Å². The molecule has 0 bridgehead atoms. The number of hydrogen-bond donors (Lipinski definition) is 1. The molecule has 1 N–H and O–H groups in total. The second-order valence-corrected chi connectivity index (χ2v) is 11.8. The van der Waals surface area contributed by atoms with Crippen LogP contribution in [0.5, 0.6) is 5.75 Å². The van der Waals surface area contributed by atoms with Gasteiger partial charge in [0.1, 0.15) is 18.0 Å². The van der Waals surface area contributed by atoms with E-state index in [0.717, 1.165) is 34.3 Å². The summed E-state index contributed by atoms with van der Waals surface area (Å²) in [4.78, 5) is 27.7. The van der Waals surface area contributed by atoms with Crippen molar-refractivity contribution in [3.8, 4) is 5.75 Å². The fourth-order valence-corrected chi connectivity index (χ4v) is 4.82. The van der Waals surface area contributed by atoms with Crippen molar-refractivity contribution < 1.29 is 23.5 Å². The molecule has 0 spiro atoms. The van der Waals surface area contributed by atoms with Crippen LogP contribution in [0.1, 0.15) is 50.8 Å². The van der Waals surface area contributed by atoms with E-state index in [-0.39, 0.29) is 25.6 Å². The fourth-order valence-electron chi connectivity index (χ4n) is 4.82. The number of hydrogen-bond acceptors (Lipinski definition) is 5. The molecule has 0 saturated heterocycles. The molecule has 3 aromatic carbocycles. The normalized spacial score (nSPS) is 12.2. The van der Waals surface area contributed by atoms with E-state index >= 15 is 0 Å². The Balaban J connectivity index is 1.56. The number of nitrogens with zero attached hydrogens (tertiary/aromatic N) is 3. The van der Waals surface area contributed by atoms with Crippen molar-refractivity contribution in [2.75, 3.05) is 33.8 Å². The molecule has 1 heterocycles. The minimum absolute atomic E-state index is 0.169. The van der Waals surface area contributed by atoms with Gasteiger partial charge in [0.25, 0.3) is 0 Å². The molecule has 0 unspecified atom stereocenters. The van der Waals surface area contributed by atoms with Gasteiger partial charge in [0.15, 0.2) is 0 Å². The minimum atomic E-state index is -0.661. The summed E-state index contributed by atoms with van der Waals surface area (Å²) in [5.74, 6) is -0.0696. The second-order valence-electron chi connectivity index (χ2n) is 11.8. The number of carbonyl (C=O) groups is 2. The van der Waals surface area contributed by atoms with Crippen molar-refractivity contribution in [1.82, 2.24) is 20.0 Å². The topological polar surface area (TPSA) is 87.8 Å². The van der Waals surface area contributed by atoms with Gasteiger partial charge in [-0.2, -0.15) is 4.39 Å². The monoisotopic (exact) mass is 612 g/mol.